The summed E-state index contributed by atoms with van der Waals surface area (Å²) < 4.78 is 2.15. The lowest BCUT2D eigenvalue weighted by molar-refractivity contribution is -0.385. The van der Waals surface area contributed by atoms with Crippen LogP contribution in [0, 0.1) is 17.0 Å². The number of nitro benzene ring substituents is 1. The Morgan fingerprint density at radius 2 is 2.15 bits per heavy atom. The quantitative estimate of drug-likeness (QED) is 0.644. The Morgan fingerprint density at radius 3 is 2.85 bits per heavy atom. The number of hydrogen-bond acceptors (Lipinski definition) is 3. The van der Waals surface area contributed by atoms with E-state index in [1.165, 1.54) is 5.56 Å². The Morgan fingerprint density at radius 1 is 1.35 bits per heavy atom. The van der Waals surface area contributed by atoms with Gasteiger partial charge in [-0.3, -0.25) is 10.1 Å². The molecule has 0 saturated carbocycles. The van der Waals surface area contributed by atoms with E-state index in [0.717, 1.165) is 18.7 Å². The normalized spacial score (nSPS) is 10.5. The summed E-state index contributed by atoms with van der Waals surface area (Å²) in [6.07, 6.45) is 5.25. The lowest BCUT2D eigenvalue weighted by atomic mass is 10.2. The highest BCUT2D eigenvalue weighted by Gasteiger charge is 2.10. The minimum absolute atomic E-state index is 0.151. The average molecular weight is 273 g/mol. The lowest BCUT2D eigenvalue weighted by Gasteiger charge is -2.06. The Hall–Kier alpha value is -2.30. The van der Waals surface area contributed by atoms with Crippen molar-refractivity contribution >= 4 is 11.4 Å². The first-order chi connectivity index (χ1) is 9.60. The van der Waals surface area contributed by atoms with Gasteiger partial charge in [-0.2, -0.15) is 0 Å². The summed E-state index contributed by atoms with van der Waals surface area (Å²) in [5.74, 6) is 0. The van der Waals surface area contributed by atoms with Gasteiger partial charge in [0, 0.05) is 42.8 Å². The third kappa shape index (κ3) is 3.38. The second kappa shape index (κ2) is 6.23. The van der Waals surface area contributed by atoms with E-state index in [2.05, 4.69) is 35.3 Å². The Balaban J connectivity index is 2.03. The molecule has 5 nitrogen and oxygen atoms in total. The van der Waals surface area contributed by atoms with E-state index >= 15 is 0 Å². The maximum absolute atomic E-state index is 10.9. The van der Waals surface area contributed by atoms with Gasteiger partial charge in [-0.05, 0) is 31.0 Å². The molecule has 0 fully saturated rings. The molecule has 2 rings (SSSR count). The van der Waals surface area contributed by atoms with E-state index < -0.39 is 0 Å². The SMILES string of the molecule is CCCn1ccc(CNc2ccc(C)c([N+](=O)[O-])c2)c1. The number of aryl methyl sites for hydroxylation is 2. The summed E-state index contributed by atoms with van der Waals surface area (Å²) in [5.41, 5.74) is 2.76. The summed E-state index contributed by atoms with van der Waals surface area (Å²) in [6, 6.07) is 7.28. The zero-order chi connectivity index (χ0) is 14.5. The van der Waals surface area contributed by atoms with Gasteiger partial charge in [0.2, 0.25) is 0 Å². The maximum atomic E-state index is 10.9. The van der Waals surface area contributed by atoms with Crippen LogP contribution in [0.25, 0.3) is 0 Å². The zero-order valence-electron chi connectivity index (χ0n) is 11.8. The molecule has 106 valence electrons. The highest BCUT2D eigenvalue weighted by Crippen LogP contribution is 2.22. The molecule has 0 saturated heterocycles. The summed E-state index contributed by atoms with van der Waals surface area (Å²) in [6.45, 7) is 5.56. The number of nitrogens with one attached hydrogen (secondary N) is 1. The van der Waals surface area contributed by atoms with E-state index in [1.54, 1.807) is 19.1 Å². The molecule has 1 aromatic carbocycles. The Labute approximate surface area is 118 Å². The smallest absolute Gasteiger partial charge is 0.274 e. The van der Waals surface area contributed by atoms with Gasteiger partial charge in [0.25, 0.3) is 5.69 Å². The number of rotatable bonds is 6. The fourth-order valence-electron chi connectivity index (χ4n) is 2.11. The first-order valence-corrected chi connectivity index (χ1v) is 6.73. The molecule has 1 N–H and O–H groups in total. The highest BCUT2D eigenvalue weighted by atomic mass is 16.6. The van der Waals surface area contributed by atoms with Crippen LogP contribution in [-0.2, 0) is 13.1 Å². The fourth-order valence-corrected chi connectivity index (χ4v) is 2.11. The fraction of sp³-hybridized carbons (Fsp3) is 0.333. The zero-order valence-corrected chi connectivity index (χ0v) is 11.8. The van der Waals surface area contributed by atoms with Crippen LogP contribution < -0.4 is 5.32 Å². The summed E-state index contributed by atoms with van der Waals surface area (Å²) in [5, 5.41) is 14.1. The number of benzene rings is 1. The molecule has 5 heteroatoms. The third-order valence-electron chi connectivity index (χ3n) is 3.20. The molecule has 0 aliphatic rings. The van der Waals surface area contributed by atoms with Crippen LogP contribution in [0.4, 0.5) is 11.4 Å². The summed E-state index contributed by atoms with van der Waals surface area (Å²) in [4.78, 5) is 10.5. The van der Waals surface area contributed by atoms with Gasteiger partial charge in [-0.1, -0.05) is 13.0 Å². The molecule has 0 radical (unpaired) electrons. The van der Waals surface area contributed by atoms with Crippen molar-refractivity contribution in [3.8, 4) is 0 Å². The van der Waals surface area contributed by atoms with Crippen molar-refractivity contribution in [2.75, 3.05) is 5.32 Å². The number of anilines is 1. The average Bonchev–Trinajstić information content (AvgIpc) is 2.86. The molecule has 1 aromatic heterocycles. The molecule has 20 heavy (non-hydrogen) atoms. The molecule has 0 aliphatic heterocycles. The van der Waals surface area contributed by atoms with E-state index in [-0.39, 0.29) is 10.6 Å². The highest BCUT2D eigenvalue weighted by molar-refractivity contribution is 5.55. The van der Waals surface area contributed by atoms with Crippen LogP contribution in [0.5, 0.6) is 0 Å². The lowest BCUT2D eigenvalue weighted by Crippen LogP contribution is -2.00. The number of nitro groups is 1. The Bertz CT molecular complexity index is 605. The molecule has 0 amide bonds. The van der Waals surface area contributed by atoms with E-state index in [9.17, 15) is 10.1 Å². The van der Waals surface area contributed by atoms with E-state index in [0.29, 0.717) is 12.1 Å². The van der Waals surface area contributed by atoms with Crippen molar-refractivity contribution in [2.45, 2.75) is 33.4 Å². The van der Waals surface area contributed by atoms with Crippen LogP contribution in [0.15, 0.2) is 36.7 Å². The van der Waals surface area contributed by atoms with Gasteiger partial charge in [0.1, 0.15) is 0 Å². The second-order valence-electron chi connectivity index (χ2n) is 4.87. The summed E-state index contributed by atoms with van der Waals surface area (Å²) in [7, 11) is 0. The molecule has 2 aromatic rings. The van der Waals surface area contributed by atoms with Crippen molar-refractivity contribution in [3.05, 3.63) is 57.9 Å². The van der Waals surface area contributed by atoms with Crippen LogP contribution >= 0.6 is 0 Å². The first-order valence-electron chi connectivity index (χ1n) is 6.73. The van der Waals surface area contributed by atoms with Crippen LogP contribution in [0.2, 0.25) is 0 Å². The molecular weight excluding hydrogens is 254 g/mol. The second-order valence-corrected chi connectivity index (χ2v) is 4.87. The minimum Gasteiger partial charge on any atom is -0.381 e. The molecule has 0 bridgehead atoms. The molecule has 0 spiro atoms. The van der Waals surface area contributed by atoms with Gasteiger partial charge in [-0.15, -0.1) is 0 Å². The number of nitrogens with zero attached hydrogens (tertiary/aromatic N) is 2. The monoisotopic (exact) mass is 273 g/mol. The van der Waals surface area contributed by atoms with Gasteiger partial charge >= 0.3 is 0 Å². The Kier molecular flexibility index (Phi) is 4.40. The predicted octanol–water partition coefficient (Wildman–Crippen LogP) is 3.73. The topological polar surface area (TPSA) is 60.1 Å². The van der Waals surface area contributed by atoms with Crippen LogP contribution in [0.1, 0.15) is 24.5 Å². The van der Waals surface area contributed by atoms with Crippen molar-refractivity contribution in [1.29, 1.82) is 0 Å². The third-order valence-corrected chi connectivity index (χ3v) is 3.20. The van der Waals surface area contributed by atoms with Gasteiger partial charge in [0.05, 0.1) is 4.92 Å². The predicted molar refractivity (Wildman–Crippen MR) is 79.9 cm³/mol. The standard InChI is InChI=1S/C15H19N3O2/c1-3-7-17-8-6-13(11-17)10-16-14-5-4-12(2)15(9-14)18(19)20/h4-6,8-9,11,16H,3,7,10H2,1-2H3. The van der Waals surface area contributed by atoms with Crippen LogP contribution in [0.3, 0.4) is 0 Å². The molecule has 1 heterocycles. The van der Waals surface area contributed by atoms with E-state index in [1.807, 2.05) is 6.07 Å². The largest absolute Gasteiger partial charge is 0.381 e. The van der Waals surface area contributed by atoms with Crippen LogP contribution in [-0.4, -0.2) is 9.49 Å². The maximum Gasteiger partial charge on any atom is 0.274 e. The van der Waals surface area contributed by atoms with E-state index in [4.69, 9.17) is 0 Å². The van der Waals surface area contributed by atoms with Crippen molar-refractivity contribution < 1.29 is 4.92 Å². The molecule has 0 atom stereocenters. The number of aromatic nitrogens is 1. The van der Waals surface area contributed by atoms with Gasteiger partial charge < -0.3 is 9.88 Å². The summed E-state index contributed by atoms with van der Waals surface area (Å²) >= 11 is 0. The minimum atomic E-state index is -0.349. The number of hydrogen-bond donors (Lipinski definition) is 1. The first kappa shape index (κ1) is 14.1. The van der Waals surface area contributed by atoms with Crippen molar-refractivity contribution in [1.82, 2.24) is 4.57 Å². The molecule has 0 aliphatic carbocycles. The van der Waals surface area contributed by atoms with Crippen molar-refractivity contribution in [2.24, 2.45) is 0 Å². The van der Waals surface area contributed by atoms with Gasteiger partial charge in [0.15, 0.2) is 0 Å². The molecular formula is C15H19N3O2. The molecule has 0 unspecified atom stereocenters. The van der Waals surface area contributed by atoms with Gasteiger partial charge in [-0.25, -0.2) is 0 Å². The van der Waals surface area contributed by atoms with Crippen molar-refractivity contribution in [3.63, 3.8) is 0 Å².